The third kappa shape index (κ3) is 11.9. The van der Waals surface area contributed by atoms with E-state index in [2.05, 4.69) is 42.9 Å². The molecule has 0 radical (unpaired) electrons. The summed E-state index contributed by atoms with van der Waals surface area (Å²) < 4.78 is 0. The molecule has 0 fully saturated rings. The van der Waals surface area contributed by atoms with Crippen molar-refractivity contribution < 1.29 is 0 Å². The summed E-state index contributed by atoms with van der Waals surface area (Å²) in [6.07, 6.45) is 20.6. The maximum atomic E-state index is 4.18. The molecule has 2 heteroatoms. The van der Waals surface area contributed by atoms with Gasteiger partial charge in [-0.2, -0.15) is 0 Å². The van der Waals surface area contributed by atoms with Crippen LogP contribution >= 0.6 is 0 Å². The summed E-state index contributed by atoms with van der Waals surface area (Å²) >= 11 is 0. The Bertz CT molecular complexity index is 429. The summed E-state index contributed by atoms with van der Waals surface area (Å²) in [6, 6.07) is 4.21. The van der Waals surface area contributed by atoms with Crippen molar-refractivity contribution in [3.05, 3.63) is 41.7 Å². The zero-order valence-electron chi connectivity index (χ0n) is 17.0. The number of rotatable bonds is 15. The molecule has 2 nitrogen and oxygen atoms in total. The second-order valence-electron chi connectivity index (χ2n) is 7.33. The second-order valence-corrected chi connectivity index (χ2v) is 7.33. The third-order valence-corrected chi connectivity index (χ3v) is 4.86. The number of pyridine rings is 1. The molecule has 0 spiro atoms. The number of aryl methyl sites for hydroxylation is 1. The molecular formula is C23H40N2. The molecule has 0 bridgehead atoms. The van der Waals surface area contributed by atoms with E-state index in [1.807, 2.05) is 18.5 Å². The lowest BCUT2D eigenvalue weighted by molar-refractivity contribution is 0.322. The molecule has 1 aromatic rings. The molecule has 0 saturated carbocycles. The Hall–Kier alpha value is -1.15. The molecule has 0 amide bonds. The molecule has 0 aliphatic carbocycles. The topological polar surface area (TPSA) is 16.1 Å². The molecule has 0 unspecified atom stereocenters. The summed E-state index contributed by atoms with van der Waals surface area (Å²) in [5.41, 5.74) is 3.07. The van der Waals surface area contributed by atoms with Crippen molar-refractivity contribution in [3.8, 4) is 0 Å². The first-order valence-corrected chi connectivity index (χ1v) is 10.5. The maximum Gasteiger partial charge on any atom is 0.0299 e. The number of hydrogen-bond acceptors (Lipinski definition) is 2. The summed E-state index contributed by atoms with van der Waals surface area (Å²) in [6.45, 7) is 7.02. The van der Waals surface area contributed by atoms with Crippen LogP contribution in [0.5, 0.6) is 0 Å². The van der Waals surface area contributed by atoms with E-state index in [0.717, 1.165) is 6.42 Å². The Morgan fingerprint density at radius 1 is 1.00 bits per heavy atom. The minimum absolute atomic E-state index is 1.16. The van der Waals surface area contributed by atoms with Gasteiger partial charge in [-0.15, -0.1) is 0 Å². The van der Waals surface area contributed by atoms with Crippen molar-refractivity contribution in [3.63, 3.8) is 0 Å². The quantitative estimate of drug-likeness (QED) is 0.269. The van der Waals surface area contributed by atoms with Gasteiger partial charge in [0.2, 0.25) is 0 Å². The molecule has 1 rings (SSSR count). The number of unbranched alkanes of at least 4 members (excludes halogenated alkanes) is 4. The van der Waals surface area contributed by atoms with Crippen molar-refractivity contribution in [2.75, 3.05) is 20.1 Å². The lowest BCUT2D eigenvalue weighted by Gasteiger charge is -2.16. The van der Waals surface area contributed by atoms with Crippen LogP contribution < -0.4 is 0 Å². The van der Waals surface area contributed by atoms with Crippen LogP contribution in [0, 0.1) is 0 Å². The Morgan fingerprint density at radius 3 is 2.36 bits per heavy atom. The largest absolute Gasteiger partial charge is 0.306 e. The number of aromatic nitrogens is 1. The fourth-order valence-corrected chi connectivity index (χ4v) is 3.17. The maximum absolute atomic E-state index is 4.18. The first-order chi connectivity index (χ1) is 12.3. The highest BCUT2D eigenvalue weighted by molar-refractivity contribution is 5.08. The van der Waals surface area contributed by atoms with Gasteiger partial charge in [-0.1, -0.05) is 44.4 Å². The van der Waals surface area contributed by atoms with Crippen LogP contribution in [0.25, 0.3) is 0 Å². The number of nitrogens with zero attached hydrogens (tertiary/aromatic N) is 2. The van der Waals surface area contributed by atoms with Gasteiger partial charge >= 0.3 is 0 Å². The van der Waals surface area contributed by atoms with E-state index < -0.39 is 0 Å². The molecule has 1 aromatic heterocycles. The van der Waals surface area contributed by atoms with E-state index in [4.69, 9.17) is 0 Å². The van der Waals surface area contributed by atoms with Gasteiger partial charge in [0, 0.05) is 12.4 Å². The molecular weight excluding hydrogens is 304 g/mol. The van der Waals surface area contributed by atoms with Gasteiger partial charge in [0.05, 0.1) is 0 Å². The van der Waals surface area contributed by atoms with Crippen molar-refractivity contribution in [2.24, 2.45) is 0 Å². The molecule has 0 N–H and O–H groups in total. The monoisotopic (exact) mass is 344 g/mol. The van der Waals surface area contributed by atoms with Gasteiger partial charge in [0.15, 0.2) is 0 Å². The van der Waals surface area contributed by atoms with Crippen LogP contribution in [0.2, 0.25) is 0 Å². The Labute approximate surface area is 156 Å². The van der Waals surface area contributed by atoms with Crippen molar-refractivity contribution in [1.82, 2.24) is 9.88 Å². The van der Waals surface area contributed by atoms with E-state index in [9.17, 15) is 0 Å². The van der Waals surface area contributed by atoms with Gasteiger partial charge in [0.25, 0.3) is 0 Å². The minimum atomic E-state index is 1.16. The Kier molecular flexibility index (Phi) is 13.3. The van der Waals surface area contributed by atoms with E-state index in [-0.39, 0.29) is 0 Å². The second kappa shape index (κ2) is 15.1. The fourth-order valence-electron chi connectivity index (χ4n) is 3.17. The van der Waals surface area contributed by atoms with Gasteiger partial charge in [-0.25, -0.2) is 0 Å². The summed E-state index contributed by atoms with van der Waals surface area (Å²) in [5, 5.41) is 0. The van der Waals surface area contributed by atoms with Crippen LogP contribution in [0.1, 0.15) is 83.6 Å². The van der Waals surface area contributed by atoms with Crippen LogP contribution in [-0.4, -0.2) is 30.0 Å². The smallest absolute Gasteiger partial charge is 0.0299 e. The van der Waals surface area contributed by atoms with E-state index >= 15 is 0 Å². The molecule has 0 saturated heterocycles. The molecule has 0 aromatic carbocycles. The van der Waals surface area contributed by atoms with E-state index in [1.165, 1.54) is 82.9 Å². The average Bonchev–Trinajstić information content (AvgIpc) is 2.64. The highest BCUT2D eigenvalue weighted by Crippen LogP contribution is 2.16. The molecule has 0 atom stereocenters. The molecule has 142 valence electrons. The highest BCUT2D eigenvalue weighted by atomic mass is 15.1. The predicted octanol–water partition coefficient (Wildman–Crippen LogP) is 6.42. The lowest BCUT2D eigenvalue weighted by atomic mass is 10.0. The van der Waals surface area contributed by atoms with Gasteiger partial charge in [0.1, 0.15) is 0 Å². The van der Waals surface area contributed by atoms with Crippen LogP contribution in [0.4, 0.5) is 0 Å². The van der Waals surface area contributed by atoms with E-state index in [1.54, 1.807) is 5.57 Å². The summed E-state index contributed by atoms with van der Waals surface area (Å²) in [5.74, 6) is 0. The Balaban J connectivity index is 2.11. The Morgan fingerprint density at radius 2 is 1.72 bits per heavy atom. The van der Waals surface area contributed by atoms with Crippen LogP contribution in [0.15, 0.2) is 36.2 Å². The van der Waals surface area contributed by atoms with Gasteiger partial charge in [-0.3, -0.25) is 4.98 Å². The van der Waals surface area contributed by atoms with E-state index in [0.29, 0.717) is 0 Å². The average molecular weight is 345 g/mol. The van der Waals surface area contributed by atoms with Crippen LogP contribution in [-0.2, 0) is 6.42 Å². The predicted molar refractivity (Wildman–Crippen MR) is 111 cm³/mol. The summed E-state index contributed by atoms with van der Waals surface area (Å²) in [7, 11) is 2.27. The fraction of sp³-hybridized carbons (Fsp3) is 0.696. The van der Waals surface area contributed by atoms with Crippen molar-refractivity contribution in [1.29, 1.82) is 0 Å². The van der Waals surface area contributed by atoms with Crippen LogP contribution in [0.3, 0.4) is 0 Å². The number of allylic oxidation sites excluding steroid dienone is 2. The number of hydrogen-bond donors (Lipinski definition) is 0. The normalized spacial score (nSPS) is 11.0. The molecule has 25 heavy (non-hydrogen) atoms. The molecule has 0 aliphatic rings. The minimum Gasteiger partial charge on any atom is -0.306 e. The first-order valence-electron chi connectivity index (χ1n) is 10.5. The first kappa shape index (κ1) is 21.9. The lowest BCUT2D eigenvalue weighted by Crippen LogP contribution is -2.20. The van der Waals surface area contributed by atoms with Crippen molar-refractivity contribution >= 4 is 0 Å². The molecule has 0 aliphatic heterocycles. The standard InChI is InChI=1S/C23H40N2/c1-4-6-13-22(14-7-5-2)15-8-10-19-25(3)20-11-9-16-23-17-12-18-24-21-23/h12,15,17-18,21H,4-11,13-14,16,19-20H2,1-3H3. The zero-order chi connectivity index (χ0) is 18.2. The third-order valence-electron chi connectivity index (χ3n) is 4.86. The van der Waals surface area contributed by atoms with Gasteiger partial charge in [-0.05, 0) is 89.6 Å². The SMILES string of the molecule is CCCCC(=CCCCN(C)CCCCc1cccnc1)CCCC. The zero-order valence-corrected chi connectivity index (χ0v) is 17.0. The molecule has 1 heterocycles. The van der Waals surface area contributed by atoms with Gasteiger partial charge < -0.3 is 4.90 Å². The van der Waals surface area contributed by atoms with Crippen molar-refractivity contribution in [2.45, 2.75) is 84.5 Å². The highest BCUT2D eigenvalue weighted by Gasteiger charge is 2.00. The summed E-state index contributed by atoms with van der Waals surface area (Å²) in [4.78, 5) is 6.68.